The van der Waals surface area contributed by atoms with E-state index in [9.17, 15) is 9.59 Å². The largest absolute Gasteiger partial charge is 0.423 e. The monoisotopic (exact) mass is 410 g/mol. The number of esters is 2. The molecule has 4 heteroatoms. The SMILES string of the molecule is CCCCCCc1ccc(OC(=O)C(=O)Oc2ccc(CCCCCC)cc2)cc1. The zero-order valence-corrected chi connectivity index (χ0v) is 18.3. The highest BCUT2D eigenvalue weighted by Gasteiger charge is 2.19. The van der Waals surface area contributed by atoms with Crippen molar-refractivity contribution in [2.24, 2.45) is 0 Å². The molecule has 4 nitrogen and oxygen atoms in total. The Kier molecular flexibility index (Phi) is 10.7. The van der Waals surface area contributed by atoms with Crippen LogP contribution >= 0.6 is 0 Å². The Balaban J connectivity index is 1.76. The first kappa shape index (κ1) is 23.7. The predicted octanol–water partition coefficient (Wildman–Crippen LogP) is 6.44. The minimum absolute atomic E-state index is 0.344. The van der Waals surface area contributed by atoms with Crippen molar-refractivity contribution >= 4 is 11.9 Å². The number of rotatable bonds is 12. The van der Waals surface area contributed by atoms with E-state index < -0.39 is 11.9 Å². The van der Waals surface area contributed by atoms with E-state index in [1.54, 1.807) is 24.3 Å². The van der Waals surface area contributed by atoms with Crippen LogP contribution in [0.4, 0.5) is 0 Å². The van der Waals surface area contributed by atoms with Gasteiger partial charge >= 0.3 is 11.9 Å². The third-order valence-corrected chi connectivity index (χ3v) is 5.07. The molecule has 162 valence electrons. The molecule has 0 unspecified atom stereocenters. The molecule has 0 aromatic heterocycles. The van der Waals surface area contributed by atoms with E-state index in [0.717, 1.165) is 25.7 Å². The van der Waals surface area contributed by atoms with E-state index in [-0.39, 0.29) is 0 Å². The Morgan fingerprint density at radius 1 is 0.567 bits per heavy atom. The molecular weight excluding hydrogens is 376 g/mol. The minimum atomic E-state index is -1.02. The number of aryl methyl sites for hydroxylation is 2. The third kappa shape index (κ3) is 8.81. The number of unbranched alkanes of at least 4 members (excludes halogenated alkanes) is 6. The Morgan fingerprint density at radius 2 is 0.933 bits per heavy atom. The van der Waals surface area contributed by atoms with Crippen LogP contribution in [0, 0.1) is 0 Å². The molecule has 0 heterocycles. The molecule has 0 N–H and O–H groups in total. The van der Waals surface area contributed by atoms with Gasteiger partial charge in [-0.1, -0.05) is 76.6 Å². The van der Waals surface area contributed by atoms with Gasteiger partial charge in [-0.05, 0) is 61.1 Å². The first-order chi connectivity index (χ1) is 14.6. The van der Waals surface area contributed by atoms with E-state index in [2.05, 4.69) is 13.8 Å². The molecule has 2 aromatic rings. The van der Waals surface area contributed by atoms with Crippen LogP contribution in [0.2, 0.25) is 0 Å². The summed E-state index contributed by atoms with van der Waals surface area (Å²) in [5.74, 6) is -1.35. The van der Waals surface area contributed by atoms with Crippen molar-refractivity contribution in [3.05, 3.63) is 59.7 Å². The fourth-order valence-corrected chi connectivity index (χ4v) is 3.26. The van der Waals surface area contributed by atoms with E-state index in [1.165, 1.54) is 49.7 Å². The molecule has 2 rings (SSSR count). The summed E-state index contributed by atoms with van der Waals surface area (Å²) >= 11 is 0. The molecule has 0 bridgehead atoms. The van der Waals surface area contributed by atoms with Crippen LogP contribution in [-0.2, 0) is 22.4 Å². The summed E-state index contributed by atoms with van der Waals surface area (Å²) in [7, 11) is 0. The van der Waals surface area contributed by atoms with E-state index >= 15 is 0 Å². The van der Waals surface area contributed by atoms with Gasteiger partial charge in [0.1, 0.15) is 11.5 Å². The second kappa shape index (κ2) is 13.6. The first-order valence-corrected chi connectivity index (χ1v) is 11.2. The van der Waals surface area contributed by atoms with E-state index in [1.807, 2.05) is 24.3 Å². The van der Waals surface area contributed by atoms with Gasteiger partial charge in [0, 0.05) is 0 Å². The molecule has 0 aliphatic heterocycles. The smallest absolute Gasteiger partial charge is 0.418 e. The molecule has 0 aliphatic carbocycles. The molecule has 2 aromatic carbocycles. The van der Waals surface area contributed by atoms with Crippen LogP contribution in [0.25, 0.3) is 0 Å². The number of carbonyl (C=O) groups is 2. The number of ether oxygens (including phenoxy) is 2. The maximum Gasteiger partial charge on any atom is 0.423 e. The number of hydrogen-bond donors (Lipinski definition) is 0. The number of hydrogen-bond acceptors (Lipinski definition) is 4. The molecular formula is C26H34O4. The average molecular weight is 411 g/mol. The summed E-state index contributed by atoms with van der Waals surface area (Å²) in [6.07, 6.45) is 11.7. The Hall–Kier alpha value is -2.62. The fourth-order valence-electron chi connectivity index (χ4n) is 3.26. The lowest BCUT2D eigenvalue weighted by molar-refractivity contribution is -0.156. The molecule has 0 aliphatic rings. The van der Waals surface area contributed by atoms with Crippen molar-refractivity contribution in [3.8, 4) is 11.5 Å². The zero-order chi connectivity index (χ0) is 21.6. The highest BCUT2D eigenvalue weighted by molar-refractivity contribution is 6.31. The fraction of sp³-hybridized carbons (Fsp3) is 0.462. The maximum atomic E-state index is 12.0. The second-order valence-electron chi connectivity index (χ2n) is 7.69. The topological polar surface area (TPSA) is 52.6 Å². The van der Waals surface area contributed by atoms with E-state index in [0.29, 0.717) is 11.5 Å². The van der Waals surface area contributed by atoms with Crippen LogP contribution in [0.15, 0.2) is 48.5 Å². The van der Waals surface area contributed by atoms with Gasteiger partial charge in [-0.15, -0.1) is 0 Å². The Labute approximate surface area is 180 Å². The lowest BCUT2D eigenvalue weighted by atomic mass is 10.1. The molecule has 0 fully saturated rings. The highest BCUT2D eigenvalue weighted by Crippen LogP contribution is 2.17. The lowest BCUT2D eigenvalue weighted by Crippen LogP contribution is -2.25. The van der Waals surface area contributed by atoms with Crippen molar-refractivity contribution < 1.29 is 19.1 Å². The van der Waals surface area contributed by atoms with Crippen LogP contribution in [0.1, 0.15) is 76.3 Å². The quantitative estimate of drug-likeness (QED) is 0.175. The summed E-state index contributed by atoms with van der Waals surface area (Å²) in [6.45, 7) is 4.39. The summed E-state index contributed by atoms with van der Waals surface area (Å²) in [5, 5.41) is 0. The molecule has 0 spiro atoms. The van der Waals surface area contributed by atoms with Crippen LogP contribution < -0.4 is 9.47 Å². The van der Waals surface area contributed by atoms with Gasteiger partial charge in [0.15, 0.2) is 0 Å². The van der Waals surface area contributed by atoms with Gasteiger partial charge in [0.2, 0.25) is 0 Å². The number of benzene rings is 2. The molecule has 0 amide bonds. The molecule has 0 saturated heterocycles. The zero-order valence-electron chi connectivity index (χ0n) is 18.3. The van der Waals surface area contributed by atoms with Gasteiger partial charge in [-0.3, -0.25) is 0 Å². The minimum Gasteiger partial charge on any atom is -0.418 e. The predicted molar refractivity (Wildman–Crippen MR) is 120 cm³/mol. The molecule has 0 saturated carbocycles. The average Bonchev–Trinajstić information content (AvgIpc) is 2.76. The Morgan fingerprint density at radius 3 is 1.27 bits per heavy atom. The third-order valence-electron chi connectivity index (χ3n) is 5.07. The van der Waals surface area contributed by atoms with Crippen molar-refractivity contribution in [1.29, 1.82) is 0 Å². The first-order valence-electron chi connectivity index (χ1n) is 11.2. The summed E-state index contributed by atoms with van der Waals surface area (Å²) < 4.78 is 10.3. The Bertz CT molecular complexity index is 695. The van der Waals surface area contributed by atoms with Gasteiger partial charge in [-0.25, -0.2) is 9.59 Å². The van der Waals surface area contributed by atoms with Crippen molar-refractivity contribution in [1.82, 2.24) is 0 Å². The normalized spacial score (nSPS) is 10.6. The molecule has 0 atom stereocenters. The van der Waals surface area contributed by atoms with Crippen LogP contribution in [0.3, 0.4) is 0 Å². The van der Waals surface area contributed by atoms with Crippen molar-refractivity contribution in [2.45, 2.75) is 78.1 Å². The van der Waals surface area contributed by atoms with Gasteiger partial charge in [-0.2, -0.15) is 0 Å². The van der Waals surface area contributed by atoms with Gasteiger partial charge < -0.3 is 9.47 Å². The lowest BCUT2D eigenvalue weighted by Gasteiger charge is -2.07. The highest BCUT2D eigenvalue weighted by atomic mass is 16.6. The standard InChI is InChI=1S/C26H34O4/c1-3-5-7-9-11-21-13-17-23(18-14-21)29-25(27)26(28)30-24-19-15-22(16-20-24)12-10-8-6-4-2/h13-20H,3-12H2,1-2H3. The van der Waals surface area contributed by atoms with E-state index in [4.69, 9.17) is 9.47 Å². The molecule has 0 radical (unpaired) electrons. The maximum absolute atomic E-state index is 12.0. The second-order valence-corrected chi connectivity index (χ2v) is 7.69. The summed E-state index contributed by atoms with van der Waals surface area (Å²) in [5.41, 5.74) is 2.39. The van der Waals surface area contributed by atoms with Crippen LogP contribution in [0.5, 0.6) is 11.5 Å². The van der Waals surface area contributed by atoms with Crippen LogP contribution in [-0.4, -0.2) is 11.9 Å². The number of carbonyl (C=O) groups excluding carboxylic acids is 2. The molecule has 30 heavy (non-hydrogen) atoms. The van der Waals surface area contributed by atoms with Crippen molar-refractivity contribution in [3.63, 3.8) is 0 Å². The summed E-state index contributed by atoms with van der Waals surface area (Å²) in [6, 6.07) is 14.6. The van der Waals surface area contributed by atoms with Gasteiger partial charge in [0.05, 0.1) is 0 Å². The van der Waals surface area contributed by atoms with Crippen molar-refractivity contribution in [2.75, 3.05) is 0 Å². The van der Waals surface area contributed by atoms with Gasteiger partial charge in [0.25, 0.3) is 0 Å². The summed E-state index contributed by atoms with van der Waals surface area (Å²) in [4.78, 5) is 24.0.